The van der Waals surface area contributed by atoms with Crippen molar-refractivity contribution in [1.29, 1.82) is 0 Å². The Morgan fingerprint density at radius 2 is 1.68 bits per heavy atom. The molecule has 0 bridgehead atoms. The van der Waals surface area contributed by atoms with Crippen molar-refractivity contribution in [1.82, 2.24) is 10.2 Å². The summed E-state index contributed by atoms with van der Waals surface area (Å²) in [4.78, 5) is 2.69. The number of nitrogens with one attached hydrogen (secondary N) is 1. The molecule has 0 amide bonds. The van der Waals surface area contributed by atoms with Gasteiger partial charge in [0.25, 0.3) is 0 Å². The van der Waals surface area contributed by atoms with Gasteiger partial charge in [0, 0.05) is 25.2 Å². The van der Waals surface area contributed by atoms with Crippen LogP contribution in [0.4, 0.5) is 0 Å². The third-order valence-corrected chi connectivity index (χ3v) is 5.33. The Morgan fingerprint density at radius 1 is 1.05 bits per heavy atom. The molecule has 2 aliphatic rings. The fourth-order valence-electron chi connectivity index (χ4n) is 4.12. The second-order valence-electron chi connectivity index (χ2n) is 7.45. The first-order chi connectivity index (χ1) is 9.11. The van der Waals surface area contributed by atoms with Crippen LogP contribution in [-0.4, -0.2) is 37.1 Å². The van der Waals surface area contributed by atoms with Crippen LogP contribution in [0.5, 0.6) is 0 Å². The van der Waals surface area contributed by atoms with Gasteiger partial charge in [-0.05, 0) is 38.1 Å². The molecule has 112 valence electrons. The molecule has 0 aromatic rings. The molecule has 0 heterocycles. The molecule has 19 heavy (non-hydrogen) atoms. The van der Waals surface area contributed by atoms with Crippen LogP contribution in [0.1, 0.15) is 71.6 Å². The second-order valence-corrected chi connectivity index (χ2v) is 7.45. The number of hydrogen-bond acceptors (Lipinski definition) is 2. The Morgan fingerprint density at radius 3 is 2.26 bits per heavy atom. The zero-order valence-corrected chi connectivity index (χ0v) is 13.4. The smallest absolute Gasteiger partial charge is 0.00924 e. The Balaban J connectivity index is 1.91. The zero-order valence-electron chi connectivity index (χ0n) is 13.4. The van der Waals surface area contributed by atoms with Gasteiger partial charge < -0.3 is 10.2 Å². The summed E-state index contributed by atoms with van der Waals surface area (Å²) in [5.74, 6) is 0. The lowest BCUT2D eigenvalue weighted by Crippen LogP contribution is -2.47. The van der Waals surface area contributed by atoms with Crippen molar-refractivity contribution in [2.24, 2.45) is 5.41 Å². The average Bonchev–Trinajstić information content (AvgIpc) is 2.92. The van der Waals surface area contributed by atoms with Crippen LogP contribution in [-0.2, 0) is 0 Å². The maximum atomic E-state index is 3.73. The minimum atomic E-state index is 0.555. The van der Waals surface area contributed by atoms with Crippen molar-refractivity contribution in [3.8, 4) is 0 Å². The maximum absolute atomic E-state index is 3.73. The summed E-state index contributed by atoms with van der Waals surface area (Å²) in [6, 6.07) is 1.49. The van der Waals surface area contributed by atoms with E-state index in [-0.39, 0.29) is 0 Å². The van der Waals surface area contributed by atoms with Crippen molar-refractivity contribution in [3.63, 3.8) is 0 Å². The van der Waals surface area contributed by atoms with Gasteiger partial charge in [0.1, 0.15) is 0 Å². The van der Waals surface area contributed by atoms with E-state index in [2.05, 4.69) is 31.1 Å². The molecule has 0 spiro atoms. The van der Waals surface area contributed by atoms with E-state index in [0.29, 0.717) is 11.5 Å². The van der Waals surface area contributed by atoms with E-state index in [1.165, 1.54) is 70.9 Å². The highest BCUT2D eigenvalue weighted by Crippen LogP contribution is 2.37. The lowest BCUT2D eigenvalue weighted by atomic mass is 9.73. The van der Waals surface area contributed by atoms with E-state index in [1.807, 2.05) is 0 Å². The average molecular weight is 266 g/mol. The predicted molar refractivity (Wildman–Crippen MR) is 83.5 cm³/mol. The summed E-state index contributed by atoms with van der Waals surface area (Å²) >= 11 is 0. The van der Waals surface area contributed by atoms with Crippen molar-refractivity contribution in [2.75, 3.05) is 20.1 Å². The lowest BCUT2D eigenvalue weighted by Gasteiger charge is -2.42. The van der Waals surface area contributed by atoms with Gasteiger partial charge in [-0.25, -0.2) is 0 Å². The van der Waals surface area contributed by atoms with Crippen molar-refractivity contribution >= 4 is 0 Å². The van der Waals surface area contributed by atoms with Crippen molar-refractivity contribution in [3.05, 3.63) is 0 Å². The highest BCUT2D eigenvalue weighted by atomic mass is 15.1. The highest BCUT2D eigenvalue weighted by molar-refractivity contribution is 4.90. The van der Waals surface area contributed by atoms with Crippen LogP contribution < -0.4 is 5.32 Å². The minimum Gasteiger partial charge on any atom is -0.314 e. The van der Waals surface area contributed by atoms with Gasteiger partial charge in [0.2, 0.25) is 0 Å². The van der Waals surface area contributed by atoms with Crippen LogP contribution in [0.2, 0.25) is 0 Å². The molecule has 0 unspecified atom stereocenters. The van der Waals surface area contributed by atoms with Gasteiger partial charge >= 0.3 is 0 Å². The molecule has 2 heteroatoms. The van der Waals surface area contributed by atoms with Gasteiger partial charge in [-0.3, -0.25) is 0 Å². The normalized spacial score (nSPS) is 24.5. The van der Waals surface area contributed by atoms with Gasteiger partial charge in [-0.1, -0.05) is 46.0 Å². The highest BCUT2D eigenvalue weighted by Gasteiger charge is 2.35. The molecule has 0 atom stereocenters. The third kappa shape index (κ3) is 4.46. The van der Waals surface area contributed by atoms with E-state index in [1.54, 1.807) is 0 Å². The van der Waals surface area contributed by atoms with E-state index in [4.69, 9.17) is 0 Å². The Bertz CT molecular complexity index is 250. The number of hydrogen-bond donors (Lipinski definition) is 1. The van der Waals surface area contributed by atoms with E-state index >= 15 is 0 Å². The van der Waals surface area contributed by atoms with Gasteiger partial charge in [-0.15, -0.1) is 0 Å². The minimum absolute atomic E-state index is 0.555. The first-order valence-corrected chi connectivity index (χ1v) is 8.55. The summed E-state index contributed by atoms with van der Waals surface area (Å²) in [7, 11) is 2.38. The van der Waals surface area contributed by atoms with Gasteiger partial charge in [-0.2, -0.15) is 0 Å². The first kappa shape index (κ1) is 15.3. The molecule has 0 aromatic carbocycles. The van der Waals surface area contributed by atoms with Gasteiger partial charge in [0.05, 0.1) is 0 Å². The monoisotopic (exact) mass is 266 g/mol. The summed E-state index contributed by atoms with van der Waals surface area (Å²) < 4.78 is 0. The molecule has 1 N–H and O–H groups in total. The molecular weight excluding hydrogens is 232 g/mol. The SMILES string of the molecule is CC(C)NCC1(CN(C)C2CCCC2)CCCCC1. The molecule has 0 aromatic heterocycles. The van der Waals surface area contributed by atoms with E-state index in [9.17, 15) is 0 Å². The fourth-order valence-corrected chi connectivity index (χ4v) is 4.12. The third-order valence-electron chi connectivity index (χ3n) is 5.33. The van der Waals surface area contributed by atoms with Crippen molar-refractivity contribution < 1.29 is 0 Å². The van der Waals surface area contributed by atoms with Crippen LogP contribution in [0, 0.1) is 5.41 Å². The van der Waals surface area contributed by atoms with Crippen LogP contribution in [0.3, 0.4) is 0 Å². The van der Waals surface area contributed by atoms with Crippen LogP contribution in [0.25, 0.3) is 0 Å². The van der Waals surface area contributed by atoms with Crippen molar-refractivity contribution in [2.45, 2.75) is 83.7 Å². The summed E-state index contributed by atoms with van der Waals surface area (Å²) in [6.45, 7) is 7.09. The number of rotatable bonds is 6. The molecule has 2 fully saturated rings. The summed E-state index contributed by atoms with van der Waals surface area (Å²) in [5.41, 5.74) is 0.555. The Labute approximate surface area is 120 Å². The lowest BCUT2D eigenvalue weighted by molar-refractivity contribution is 0.0919. The molecule has 2 saturated carbocycles. The summed E-state index contributed by atoms with van der Waals surface area (Å²) in [5, 5.41) is 3.73. The zero-order chi connectivity index (χ0) is 13.7. The molecular formula is C17H34N2. The molecule has 0 aliphatic heterocycles. The molecule has 0 saturated heterocycles. The first-order valence-electron chi connectivity index (χ1n) is 8.55. The molecule has 0 radical (unpaired) electrons. The standard InChI is InChI=1S/C17H34N2/c1-15(2)18-13-17(11-7-4-8-12-17)14-19(3)16-9-5-6-10-16/h15-16,18H,4-14H2,1-3H3. The van der Waals surface area contributed by atoms with E-state index in [0.717, 1.165) is 6.04 Å². The second kappa shape index (κ2) is 7.08. The maximum Gasteiger partial charge on any atom is 0.00924 e. The Hall–Kier alpha value is -0.0800. The largest absolute Gasteiger partial charge is 0.314 e. The van der Waals surface area contributed by atoms with E-state index < -0.39 is 0 Å². The van der Waals surface area contributed by atoms with Gasteiger partial charge in [0.15, 0.2) is 0 Å². The van der Waals surface area contributed by atoms with Crippen LogP contribution >= 0.6 is 0 Å². The molecule has 2 aliphatic carbocycles. The van der Waals surface area contributed by atoms with Crippen LogP contribution in [0.15, 0.2) is 0 Å². The molecule has 2 nitrogen and oxygen atoms in total. The Kier molecular flexibility index (Phi) is 5.70. The summed E-state index contributed by atoms with van der Waals surface area (Å²) in [6.07, 6.45) is 13.0. The topological polar surface area (TPSA) is 15.3 Å². The quantitative estimate of drug-likeness (QED) is 0.786. The molecule has 2 rings (SSSR count). The fraction of sp³-hybridized carbons (Fsp3) is 1.00. The predicted octanol–water partition coefficient (Wildman–Crippen LogP) is 3.81. The number of nitrogens with zero attached hydrogens (tertiary/aromatic N) is 1.